The van der Waals surface area contributed by atoms with Crippen LogP contribution in [0.5, 0.6) is 0 Å². The Morgan fingerprint density at radius 3 is 2.30 bits per heavy atom. The van der Waals surface area contributed by atoms with Crippen molar-refractivity contribution >= 4 is 17.6 Å². The van der Waals surface area contributed by atoms with Gasteiger partial charge in [0.2, 0.25) is 0 Å². The van der Waals surface area contributed by atoms with Crippen LogP contribution in [-0.4, -0.2) is 43.4 Å². The van der Waals surface area contributed by atoms with Gasteiger partial charge in [-0.3, -0.25) is 14.9 Å². The number of nitro benzene ring substituents is 1. The number of hydrogen-bond acceptors (Lipinski definition) is 6. The molecule has 0 aliphatic heterocycles. The fourth-order valence-corrected chi connectivity index (χ4v) is 1.69. The molecule has 0 spiro atoms. The average Bonchev–Trinajstić information content (AvgIpc) is 2.35. The van der Waals surface area contributed by atoms with Crippen LogP contribution in [0.1, 0.15) is 28.4 Å². The molecule has 1 aromatic rings. The summed E-state index contributed by atoms with van der Waals surface area (Å²) in [7, 11) is 0. The summed E-state index contributed by atoms with van der Waals surface area (Å²) in [5, 5.41) is 47.6. The Labute approximate surface area is 111 Å². The van der Waals surface area contributed by atoms with E-state index >= 15 is 0 Å². The summed E-state index contributed by atoms with van der Waals surface area (Å²) in [5.74, 6) is -2.97. The maximum Gasteiger partial charge on any atom is 0.336 e. The quantitative estimate of drug-likeness (QED) is 0.425. The lowest BCUT2D eigenvalue weighted by molar-refractivity contribution is -0.386. The van der Waals surface area contributed by atoms with Crippen molar-refractivity contribution in [1.29, 1.82) is 0 Å². The fraction of sp³-hybridized carbons (Fsp3) is 0.273. The fourth-order valence-electron chi connectivity index (χ4n) is 1.69. The van der Waals surface area contributed by atoms with Crippen LogP contribution < -0.4 is 0 Å². The van der Waals surface area contributed by atoms with Crippen LogP contribution in [0.2, 0.25) is 0 Å². The lowest BCUT2D eigenvalue weighted by Crippen LogP contribution is -2.24. The Hall–Kier alpha value is -2.52. The molecule has 2 unspecified atom stereocenters. The molecule has 0 aromatic heterocycles. The maximum absolute atomic E-state index is 11.0. The summed E-state index contributed by atoms with van der Waals surface area (Å²) in [4.78, 5) is 31.4. The van der Waals surface area contributed by atoms with Crippen LogP contribution in [-0.2, 0) is 4.79 Å². The number of hydrogen-bond donors (Lipinski definition) is 4. The third-order valence-electron chi connectivity index (χ3n) is 2.55. The van der Waals surface area contributed by atoms with Crippen LogP contribution in [0.25, 0.3) is 0 Å². The topological polar surface area (TPSA) is 158 Å². The Balaban J connectivity index is 3.35. The van der Waals surface area contributed by atoms with Crippen LogP contribution in [0.3, 0.4) is 0 Å². The van der Waals surface area contributed by atoms with Gasteiger partial charge in [-0.25, -0.2) is 4.79 Å². The van der Waals surface area contributed by atoms with E-state index in [1.54, 1.807) is 0 Å². The highest BCUT2D eigenvalue weighted by Crippen LogP contribution is 2.31. The standard InChI is InChI=1S/C11H11NO8/c13-7(4-8(14)15)10(16)9-5(11(17)18)2-1-3-6(9)12(19)20/h1-3,7,10,13,16H,4H2,(H,14,15)(H,17,18). The van der Waals surface area contributed by atoms with E-state index in [0.717, 1.165) is 18.2 Å². The Kier molecular flexibility index (Phi) is 4.73. The van der Waals surface area contributed by atoms with Gasteiger partial charge in [0.15, 0.2) is 0 Å². The molecule has 0 amide bonds. The predicted octanol–water partition coefficient (Wildman–Crippen LogP) is 0.162. The van der Waals surface area contributed by atoms with E-state index in [0.29, 0.717) is 0 Å². The highest BCUT2D eigenvalue weighted by atomic mass is 16.6. The van der Waals surface area contributed by atoms with Gasteiger partial charge in [0.05, 0.1) is 28.6 Å². The van der Waals surface area contributed by atoms with Crippen LogP contribution in [0.4, 0.5) is 5.69 Å². The second-order valence-electron chi connectivity index (χ2n) is 3.91. The van der Waals surface area contributed by atoms with Crippen molar-refractivity contribution in [3.63, 3.8) is 0 Å². The van der Waals surface area contributed by atoms with E-state index in [4.69, 9.17) is 10.2 Å². The first-order chi connectivity index (χ1) is 9.25. The first-order valence-corrected chi connectivity index (χ1v) is 5.34. The number of benzene rings is 1. The van der Waals surface area contributed by atoms with Crippen LogP contribution in [0, 0.1) is 10.1 Å². The van der Waals surface area contributed by atoms with Crippen molar-refractivity contribution < 1.29 is 34.9 Å². The van der Waals surface area contributed by atoms with Gasteiger partial charge < -0.3 is 20.4 Å². The molecule has 0 radical (unpaired) electrons. The van der Waals surface area contributed by atoms with Crippen molar-refractivity contribution in [1.82, 2.24) is 0 Å². The number of nitro groups is 1. The number of aliphatic hydroxyl groups excluding tert-OH is 2. The summed E-state index contributed by atoms with van der Waals surface area (Å²) < 4.78 is 0. The minimum Gasteiger partial charge on any atom is -0.481 e. The molecule has 2 atom stereocenters. The first kappa shape index (κ1) is 15.5. The van der Waals surface area contributed by atoms with Gasteiger partial charge in [-0.05, 0) is 6.07 Å². The third-order valence-corrected chi connectivity index (χ3v) is 2.55. The number of carboxylic acid groups (broad SMARTS) is 2. The lowest BCUT2D eigenvalue weighted by Gasteiger charge is -2.18. The van der Waals surface area contributed by atoms with Crippen molar-refractivity contribution in [3.8, 4) is 0 Å². The number of aliphatic carboxylic acids is 1. The van der Waals surface area contributed by atoms with Crippen molar-refractivity contribution in [2.45, 2.75) is 18.6 Å². The molecule has 0 aliphatic carbocycles. The highest BCUT2D eigenvalue weighted by Gasteiger charge is 2.32. The van der Waals surface area contributed by atoms with Crippen molar-refractivity contribution in [2.75, 3.05) is 0 Å². The SMILES string of the molecule is O=C(O)CC(O)C(O)c1c(C(=O)O)cccc1[N+](=O)[O-]. The van der Waals surface area contributed by atoms with Gasteiger partial charge in [0, 0.05) is 6.07 Å². The van der Waals surface area contributed by atoms with Gasteiger partial charge in [0.25, 0.3) is 5.69 Å². The van der Waals surface area contributed by atoms with Gasteiger partial charge in [-0.15, -0.1) is 0 Å². The molecular weight excluding hydrogens is 274 g/mol. The summed E-state index contributed by atoms with van der Waals surface area (Å²) in [6, 6.07) is 3.08. The molecule has 4 N–H and O–H groups in total. The second-order valence-corrected chi connectivity index (χ2v) is 3.91. The molecule has 108 valence electrons. The summed E-state index contributed by atoms with van der Waals surface area (Å²) >= 11 is 0. The van der Waals surface area contributed by atoms with E-state index in [1.165, 1.54) is 0 Å². The monoisotopic (exact) mass is 285 g/mol. The van der Waals surface area contributed by atoms with Gasteiger partial charge in [0.1, 0.15) is 6.10 Å². The summed E-state index contributed by atoms with van der Waals surface area (Å²) in [6.45, 7) is 0. The third kappa shape index (κ3) is 3.28. The zero-order valence-corrected chi connectivity index (χ0v) is 9.96. The molecule has 1 rings (SSSR count). The van der Waals surface area contributed by atoms with Gasteiger partial charge in [-0.2, -0.15) is 0 Å². The molecule has 0 fully saturated rings. The number of carboxylic acids is 2. The molecule has 0 saturated carbocycles. The number of nitrogens with zero attached hydrogens (tertiary/aromatic N) is 1. The number of carbonyl (C=O) groups is 2. The number of aromatic carboxylic acids is 1. The van der Waals surface area contributed by atoms with Crippen LogP contribution in [0.15, 0.2) is 18.2 Å². The molecule has 9 heteroatoms. The molecule has 0 heterocycles. The maximum atomic E-state index is 11.0. The van der Waals surface area contributed by atoms with E-state index in [2.05, 4.69) is 0 Å². The van der Waals surface area contributed by atoms with Crippen LogP contribution >= 0.6 is 0 Å². The minimum atomic E-state index is -2.00. The molecule has 0 saturated heterocycles. The molecule has 0 bridgehead atoms. The summed E-state index contributed by atoms with van der Waals surface area (Å²) in [6.07, 6.45) is -4.75. The Bertz CT molecular complexity index is 523. The molecule has 1 aromatic carbocycles. The molecule has 9 nitrogen and oxygen atoms in total. The first-order valence-electron chi connectivity index (χ1n) is 5.34. The zero-order chi connectivity index (χ0) is 15.4. The van der Waals surface area contributed by atoms with Crippen molar-refractivity contribution in [2.24, 2.45) is 0 Å². The van der Waals surface area contributed by atoms with E-state index < -0.39 is 52.3 Å². The van der Waals surface area contributed by atoms with E-state index in [9.17, 15) is 29.9 Å². The molecular formula is C11H11NO8. The number of aliphatic hydroxyl groups is 2. The second kappa shape index (κ2) is 6.08. The highest BCUT2D eigenvalue weighted by molar-refractivity contribution is 5.91. The Morgan fingerprint density at radius 1 is 1.25 bits per heavy atom. The predicted molar refractivity (Wildman–Crippen MR) is 63.3 cm³/mol. The van der Waals surface area contributed by atoms with E-state index in [1.807, 2.05) is 0 Å². The molecule has 0 aliphatic rings. The summed E-state index contributed by atoms with van der Waals surface area (Å²) in [5.41, 5.74) is -1.91. The largest absolute Gasteiger partial charge is 0.481 e. The average molecular weight is 285 g/mol. The Morgan fingerprint density at radius 2 is 1.85 bits per heavy atom. The smallest absolute Gasteiger partial charge is 0.336 e. The van der Waals surface area contributed by atoms with Gasteiger partial charge in [-0.1, -0.05) is 6.07 Å². The minimum absolute atomic E-state index is 0.573. The number of rotatable bonds is 6. The zero-order valence-electron chi connectivity index (χ0n) is 9.96. The molecule has 20 heavy (non-hydrogen) atoms. The van der Waals surface area contributed by atoms with E-state index in [-0.39, 0.29) is 0 Å². The lowest BCUT2D eigenvalue weighted by atomic mass is 9.95. The van der Waals surface area contributed by atoms with Crippen molar-refractivity contribution in [3.05, 3.63) is 39.4 Å². The normalized spacial score (nSPS) is 13.5. The van der Waals surface area contributed by atoms with Gasteiger partial charge >= 0.3 is 11.9 Å².